The van der Waals surface area contributed by atoms with Crippen LogP contribution in [0.2, 0.25) is 0 Å². The Labute approximate surface area is 124 Å². The number of nitrogens with two attached hydrogens (primary N) is 1. The van der Waals surface area contributed by atoms with E-state index in [-0.39, 0.29) is 6.04 Å². The molecule has 0 aliphatic heterocycles. The van der Waals surface area contributed by atoms with Gasteiger partial charge >= 0.3 is 0 Å². The van der Waals surface area contributed by atoms with Crippen molar-refractivity contribution in [1.82, 2.24) is 20.0 Å². The second kappa shape index (κ2) is 5.70. The third-order valence-electron chi connectivity index (χ3n) is 3.28. The molecular weight excluding hydrogens is 318 g/mol. The van der Waals surface area contributed by atoms with Crippen molar-refractivity contribution in [2.75, 3.05) is 0 Å². The highest BCUT2D eigenvalue weighted by Crippen LogP contribution is 2.22. The molecule has 1 unspecified atom stereocenters. The van der Waals surface area contributed by atoms with Gasteiger partial charge in [0.05, 0.1) is 24.0 Å². The number of aromatic nitrogens is 3. The molecule has 3 N–H and O–H groups in total. The van der Waals surface area contributed by atoms with E-state index in [1.807, 2.05) is 24.5 Å². The third kappa shape index (κ3) is 2.58. The van der Waals surface area contributed by atoms with Gasteiger partial charge in [-0.15, -0.1) is 0 Å². The lowest BCUT2D eigenvalue weighted by Crippen LogP contribution is -2.29. The second-order valence-electron chi connectivity index (χ2n) is 4.56. The molecule has 3 aromatic rings. The third-order valence-corrected chi connectivity index (χ3v) is 3.81. The minimum atomic E-state index is -0.00197. The molecule has 0 bridgehead atoms. The van der Waals surface area contributed by atoms with E-state index in [0.717, 1.165) is 22.0 Å². The summed E-state index contributed by atoms with van der Waals surface area (Å²) in [6.07, 6.45) is 7.96. The zero-order valence-electron chi connectivity index (χ0n) is 10.7. The normalized spacial score (nSPS) is 12.7. The molecule has 0 spiro atoms. The molecule has 0 amide bonds. The van der Waals surface area contributed by atoms with Gasteiger partial charge in [-0.2, -0.15) is 5.10 Å². The Bertz CT molecular complexity index is 707. The second-order valence-corrected chi connectivity index (χ2v) is 5.47. The van der Waals surface area contributed by atoms with Crippen LogP contribution in [0.15, 0.2) is 53.5 Å². The van der Waals surface area contributed by atoms with E-state index in [1.54, 1.807) is 16.9 Å². The van der Waals surface area contributed by atoms with Crippen molar-refractivity contribution in [2.45, 2.75) is 12.5 Å². The predicted octanol–water partition coefficient (Wildman–Crippen LogP) is 2.24. The number of hydrazine groups is 1. The topological polar surface area (TPSA) is 68.2 Å². The number of nitrogens with zero attached hydrogens (tertiary/aromatic N) is 3. The average Bonchev–Trinajstić information content (AvgIpc) is 2.91. The van der Waals surface area contributed by atoms with Gasteiger partial charge in [-0.3, -0.25) is 16.3 Å². The molecule has 1 aromatic carbocycles. The monoisotopic (exact) mass is 331 g/mol. The Morgan fingerprint density at radius 1 is 1.25 bits per heavy atom. The first-order valence-corrected chi connectivity index (χ1v) is 7.05. The van der Waals surface area contributed by atoms with Gasteiger partial charge in [-0.1, -0.05) is 28.1 Å². The van der Waals surface area contributed by atoms with Crippen LogP contribution in [0.5, 0.6) is 0 Å². The summed E-state index contributed by atoms with van der Waals surface area (Å²) in [5, 5.41) is 4.32. The standard InChI is InChI=1S/C14H14BrN5/c15-11-3-1-10(2-4-11)7-13(19-16)12-8-18-20-6-5-17-9-14(12)20/h1-6,8-9,13,19H,7,16H2. The summed E-state index contributed by atoms with van der Waals surface area (Å²) < 4.78 is 2.87. The molecule has 0 saturated heterocycles. The summed E-state index contributed by atoms with van der Waals surface area (Å²) in [6, 6.07) is 8.22. The van der Waals surface area contributed by atoms with Crippen molar-refractivity contribution in [3.05, 3.63) is 64.7 Å². The molecular formula is C14H14BrN5. The lowest BCUT2D eigenvalue weighted by atomic mass is 10.0. The fourth-order valence-corrected chi connectivity index (χ4v) is 2.50. The first kappa shape index (κ1) is 13.2. The van der Waals surface area contributed by atoms with E-state index in [2.05, 4.69) is 43.6 Å². The molecule has 0 radical (unpaired) electrons. The molecule has 2 heterocycles. The van der Waals surface area contributed by atoms with Crippen molar-refractivity contribution in [1.29, 1.82) is 0 Å². The Kier molecular flexibility index (Phi) is 3.77. The van der Waals surface area contributed by atoms with E-state index < -0.39 is 0 Å². The summed E-state index contributed by atoms with van der Waals surface area (Å²) in [6.45, 7) is 0. The SMILES string of the molecule is NNC(Cc1ccc(Br)cc1)c1cnn2ccncc12. The van der Waals surface area contributed by atoms with Gasteiger partial charge in [0.15, 0.2) is 0 Å². The zero-order chi connectivity index (χ0) is 13.9. The van der Waals surface area contributed by atoms with Gasteiger partial charge in [0.2, 0.25) is 0 Å². The van der Waals surface area contributed by atoms with Crippen LogP contribution in [0.1, 0.15) is 17.2 Å². The molecule has 102 valence electrons. The average molecular weight is 332 g/mol. The number of nitrogens with one attached hydrogen (secondary N) is 1. The Morgan fingerprint density at radius 3 is 2.80 bits per heavy atom. The summed E-state index contributed by atoms with van der Waals surface area (Å²) in [5.74, 6) is 5.72. The fourth-order valence-electron chi connectivity index (χ4n) is 2.24. The van der Waals surface area contributed by atoms with Crippen LogP contribution in [-0.4, -0.2) is 14.6 Å². The fraction of sp³-hybridized carbons (Fsp3) is 0.143. The Morgan fingerprint density at radius 2 is 2.05 bits per heavy atom. The molecule has 2 aromatic heterocycles. The number of fused-ring (bicyclic) bond motifs is 1. The van der Waals surface area contributed by atoms with Crippen LogP contribution >= 0.6 is 15.9 Å². The van der Waals surface area contributed by atoms with Crippen molar-refractivity contribution in [2.24, 2.45) is 5.84 Å². The number of hydrogen-bond donors (Lipinski definition) is 2. The quantitative estimate of drug-likeness (QED) is 0.568. The molecule has 20 heavy (non-hydrogen) atoms. The zero-order valence-corrected chi connectivity index (χ0v) is 12.3. The summed E-state index contributed by atoms with van der Waals surface area (Å²) in [7, 11) is 0. The highest BCUT2D eigenvalue weighted by molar-refractivity contribution is 9.10. The van der Waals surface area contributed by atoms with Crippen LogP contribution < -0.4 is 11.3 Å². The molecule has 0 saturated carbocycles. The van der Waals surface area contributed by atoms with Crippen LogP contribution in [-0.2, 0) is 6.42 Å². The summed E-state index contributed by atoms with van der Waals surface area (Å²) >= 11 is 3.44. The van der Waals surface area contributed by atoms with Crippen molar-refractivity contribution < 1.29 is 0 Å². The summed E-state index contributed by atoms with van der Waals surface area (Å²) in [4.78, 5) is 4.15. The van der Waals surface area contributed by atoms with Crippen molar-refractivity contribution in [3.63, 3.8) is 0 Å². The highest BCUT2D eigenvalue weighted by Gasteiger charge is 2.15. The number of hydrogen-bond acceptors (Lipinski definition) is 4. The van der Waals surface area contributed by atoms with Crippen molar-refractivity contribution >= 4 is 21.4 Å². The highest BCUT2D eigenvalue weighted by atomic mass is 79.9. The van der Waals surface area contributed by atoms with Gasteiger partial charge in [0.25, 0.3) is 0 Å². The van der Waals surface area contributed by atoms with Crippen LogP contribution in [0.25, 0.3) is 5.52 Å². The van der Waals surface area contributed by atoms with E-state index in [9.17, 15) is 0 Å². The first-order valence-electron chi connectivity index (χ1n) is 6.26. The van der Waals surface area contributed by atoms with E-state index >= 15 is 0 Å². The van der Waals surface area contributed by atoms with Gasteiger partial charge < -0.3 is 0 Å². The number of halogens is 1. The molecule has 5 nitrogen and oxygen atoms in total. The van der Waals surface area contributed by atoms with Crippen molar-refractivity contribution in [3.8, 4) is 0 Å². The van der Waals surface area contributed by atoms with Gasteiger partial charge in [0.1, 0.15) is 0 Å². The molecule has 0 fully saturated rings. The van der Waals surface area contributed by atoms with E-state index in [1.165, 1.54) is 5.56 Å². The Hall–Kier alpha value is -1.76. The molecule has 0 aliphatic carbocycles. The maximum Gasteiger partial charge on any atom is 0.0893 e. The summed E-state index contributed by atoms with van der Waals surface area (Å²) in [5.41, 5.74) is 6.08. The number of benzene rings is 1. The molecule has 3 rings (SSSR count). The molecule has 0 aliphatic rings. The predicted molar refractivity (Wildman–Crippen MR) is 80.9 cm³/mol. The smallest absolute Gasteiger partial charge is 0.0893 e. The van der Waals surface area contributed by atoms with Gasteiger partial charge in [0, 0.05) is 22.4 Å². The molecule has 1 atom stereocenters. The van der Waals surface area contributed by atoms with E-state index in [0.29, 0.717) is 0 Å². The lowest BCUT2D eigenvalue weighted by Gasteiger charge is -2.15. The van der Waals surface area contributed by atoms with Gasteiger partial charge in [-0.25, -0.2) is 4.52 Å². The van der Waals surface area contributed by atoms with E-state index in [4.69, 9.17) is 5.84 Å². The lowest BCUT2D eigenvalue weighted by molar-refractivity contribution is 0.555. The largest absolute Gasteiger partial charge is 0.271 e. The molecule has 6 heteroatoms. The Balaban J connectivity index is 1.91. The minimum absolute atomic E-state index is 0.00197. The first-order chi connectivity index (χ1) is 9.78. The van der Waals surface area contributed by atoms with Crippen LogP contribution in [0.3, 0.4) is 0 Å². The maximum absolute atomic E-state index is 5.72. The van der Waals surface area contributed by atoms with Crippen LogP contribution in [0, 0.1) is 0 Å². The maximum atomic E-state index is 5.72. The van der Waals surface area contributed by atoms with Crippen LogP contribution in [0.4, 0.5) is 0 Å². The van der Waals surface area contributed by atoms with Gasteiger partial charge in [-0.05, 0) is 24.1 Å². The minimum Gasteiger partial charge on any atom is -0.271 e. The number of rotatable bonds is 4.